The van der Waals surface area contributed by atoms with Crippen LogP contribution in [0.2, 0.25) is 0 Å². The fraction of sp³-hybridized carbons (Fsp3) is 0.316. The summed E-state index contributed by atoms with van der Waals surface area (Å²) in [6.45, 7) is 5.94. The summed E-state index contributed by atoms with van der Waals surface area (Å²) in [4.78, 5) is 38.5. The van der Waals surface area contributed by atoms with Gasteiger partial charge in [0.05, 0.1) is 11.7 Å². The fourth-order valence-corrected chi connectivity index (χ4v) is 2.99. The van der Waals surface area contributed by atoms with Crippen molar-refractivity contribution in [2.45, 2.75) is 26.8 Å². The number of carbonyl (C=O) groups is 2. The minimum absolute atomic E-state index is 0.00320. The number of ketones is 1. The maximum absolute atomic E-state index is 12.9. The molecule has 1 unspecified atom stereocenters. The smallest absolute Gasteiger partial charge is 0.265 e. The van der Waals surface area contributed by atoms with E-state index in [2.05, 4.69) is 0 Å². The van der Waals surface area contributed by atoms with Gasteiger partial charge in [-0.1, -0.05) is 6.07 Å². The van der Waals surface area contributed by atoms with Gasteiger partial charge in [0.15, 0.2) is 12.4 Å². The Hall–Kier alpha value is -2.89. The zero-order valence-electron chi connectivity index (χ0n) is 14.5. The van der Waals surface area contributed by atoms with Crippen LogP contribution in [0.3, 0.4) is 0 Å². The third kappa shape index (κ3) is 3.07. The summed E-state index contributed by atoms with van der Waals surface area (Å²) in [6.07, 6.45) is 1.67. The molecule has 0 radical (unpaired) electrons. The van der Waals surface area contributed by atoms with Crippen LogP contribution >= 0.6 is 0 Å². The van der Waals surface area contributed by atoms with Crippen molar-refractivity contribution in [1.29, 1.82) is 0 Å². The van der Waals surface area contributed by atoms with Crippen molar-refractivity contribution in [3.63, 3.8) is 0 Å². The number of ether oxygens (including phenoxy) is 1. The van der Waals surface area contributed by atoms with E-state index in [1.165, 1.54) is 10.6 Å². The quantitative estimate of drug-likeness (QED) is 0.801. The Morgan fingerprint density at radius 3 is 2.72 bits per heavy atom. The molecule has 1 aliphatic heterocycles. The van der Waals surface area contributed by atoms with Crippen LogP contribution in [0.15, 0.2) is 41.3 Å². The van der Waals surface area contributed by atoms with Gasteiger partial charge >= 0.3 is 0 Å². The number of aromatic nitrogens is 1. The van der Waals surface area contributed by atoms with Gasteiger partial charge in [-0.05, 0) is 44.5 Å². The first kappa shape index (κ1) is 17.0. The number of benzene rings is 1. The molecule has 6 nitrogen and oxygen atoms in total. The molecule has 0 bridgehead atoms. The van der Waals surface area contributed by atoms with E-state index in [9.17, 15) is 14.4 Å². The highest BCUT2D eigenvalue weighted by Gasteiger charge is 2.26. The number of nitrogens with zero attached hydrogens (tertiary/aromatic N) is 2. The first-order valence-corrected chi connectivity index (χ1v) is 8.22. The molecule has 0 fully saturated rings. The summed E-state index contributed by atoms with van der Waals surface area (Å²) in [5.74, 6) is 0.255. The lowest BCUT2D eigenvalue weighted by Crippen LogP contribution is -2.38. The number of pyridine rings is 1. The highest BCUT2D eigenvalue weighted by Crippen LogP contribution is 2.33. The number of likely N-dealkylation sites (N-methyl/N-ethyl adjacent to an activating group) is 1. The number of anilines is 1. The summed E-state index contributed by atoms with van der Waals surface area (Å²) in [5.41, 5.74) is 1.71. The third-order valence-electron chi connectivity index (χ3n) is 4.39. The van der Waals surface area contributed by atoms with Gasteiger partial charge in [-0.15, -0.1) is 0 Å². The molecule has 0 aliphatic carbocycles. The van der Waals surface area contributed by atoms with Gasteiger partial charge in [-0.2, -0.15) is 0 Å². The van der Waals surface area contributed by atoms with E-state index in [4.69, 9.17) is 4.74 Å². The molecule has 1 aromatic carbocycles. The summed E-state index contributed by atoms with van der Waals surface area (Å²) in [5, 5.41) is 0. The van der Waals surface area contributed by atoms with Gasteiger partial charge in [0.1, 0.15) is 5.75 Å². The Morgan fingerprint density at radius 1 is 1.24 bits per heavy atom. The van der Waals surface area contributed by atoms with Crippen molar-refractivity contribution >= 4 is 17.4 Å². The molecule has 1 aromatic heterocycles. The van der Waals surface area contributed by atoms with Crippen molar-refractivity contribution in [3.05, 3.63) is 58.0 Å². The van der Waals surface area contributed by atoms with Crippen molar-refractivity contribution < 1.29 is 14.3 Å². The molecule has 0 N–H and O–H groups in total. The number of hydrogen-bond acceptors (Lipinski definition) is 4. The standard InChI is InChI=1S/C19H20N2O4/c1-4-20-15-9-14(6-7-16(15)25-11-18(20)23)19(24)13(3)21-10-12(2)5-8-17(21)22/h5-10,13H,4,11H2,1-3H3. The first-order valence-electron chi connectivity index (χ1n) is 8.22. The molecule has 0 saturated heterocycles. The number of Topliss-reactive ketones (excluding diaryl/α,β-unsaturated/α-hetero) is 1. The van der Waals surface area contributed by atoms with Crippen LogP contribution in [0.5, 0.6) is 5.75 Å². The number of carbonyl (C=O) groups excluding carboxylic acids is 2. The van der Waals surface area contributed by atoms with E-state index in [1.807, 2.05) is 13.8 Å². The van der Waals surface area contributed by atoms with Crippen LogP contribution in [0.25, 0.3) is 0 Å². The molecule has 1 atom stereocenters. The number of fused-ring (bicyclic) bond motifs is 1. The van der Waals surface area contributed by atoms with Crippen molar-refractivity contribution in [2.75, 3.05) is 18.1 Å². The molecule has 0 saturated carbocycles. The van der Waals surface area contributed by atoms with E-state index < -0.39 is 6.04 Å². The minimum Gasteiger partial charge on any atom is -0.482 e. The van der Waals surface area contributed by atoms with Gasteiger partial charge in [0.25, 0.3) is 11.5 Å². The third-order valence-corrected chi connectivity index (χ3v) is 4.39. The normalized spacial score (nSPS) is 14.7. The summed E-state index contributed by atoms with van der Waals surface area (Å²) < 4.78 is 6.85. The SMILES string of the molecule is CCN1C(=O)COc2ccc(C(=O)C(C)n3cc(C)ccc3=O)cc21. The molecular formula is C19H20N2O4. The lowest BCUT2D eigenvalue weighted by molar-refractivity contribution is -0.121. The molecule has 2 aromatic rings. The second kappa shape index (κ2) is 6.55. The zero-order chi connectivity index (χ0) is 18.1. The zero-order valence-corrected chi connectivity index (χ0v) is 14.5. The molecule has 2 heterocycles. The van der Waals surface area contributed by atoms with Gasteiger partial charge in [-0.3, -0.25) is 14.4 Å². The Labute approximate surface area is 145 Å². The monoisotopic (exact) mass is 340 g/mol. The van der Waals surface area contributed by atoms with Gasteiger partial charge in [0, 0.05) is 24.4 Å². The molecule has 25 heavy (non-hydrogen) atoms. The number of hydrogen-bond donors (Lipinski definition) is 0. The Morgan fingerprint density at radius 2 is 2.00 bits per heavy atom. The first-order chi connectivity index (χ1) is 11.9. The molecule has 130 valence electrons. The van der Waals surface area contributed by atoms with Gasteiger partial charge < -0.3 is 14.2 Å². The molecule has 1 amide bonds. The number of amides is 1. The summed E-state index contributed by atoms with van der Waals surface area (Å²) >= 11 is 0. The molecule has 6 heteroatoms. The predicted octanol–water partition coefficient (Wildman–Crippen LogP) is 2.35. The number of rotatable bonds is 4. The van der Waals surface area contributed by atoms with Gasteiger partial charge in [-0.25, -0.2) is 0 Å². The molecule has 0 spiro atoms. The minimum atomic E-state index is -0.638. The van der Waals surface area contributed by atoms with Crippen molar-refractivity contribution in [1.82, 2.24) is 4.57 Å². The van der Waals surface area contributed by atoms with Crippen LogP contribution in [0.1, 0.15) is 35.8 Å². The second-order valence-electron chi connectivity index (χ2n) is 6.10. The highest BCUT2D eigenvalue weighted by atomic mass is 16.5. The maximum Gasteiger partial charge on any atom is 0.265 e. The maximum atomic E-state index is 12.9. The summed E-state index contributed by atoms with van der Waals surface area (Å²) in [6, 6.07) is 7.57. The Balaban J connectivity index is 1.98. The Kier molecular flexibility index (Phi) is 4.44. The fourth-order valence-electron chi connectivity index (χ4n) is 2.99. The largest absolute Gasteiger partial charge is 0.482 e. The summed E-state index contributed by atoms with van der Waals surface area (Å²) in [7, 11) is 0. The molecule has 1 aliphatic rings. The molecule has 3 rings (SSSR count). The topological polar surface area (TPSA) is 68.6 Å². The van der Waals surface area contributed by atoms with E-state index in [1.54, 1.807) is 42.3 Å². The Bertz CT molecular complexity index is 901. The second-order valence-corrected chi connectivity index (χ2v) is 6.10. The van der Waals surface area contributed by atoms with Crippen LogP contribution in [0, 0.1) is 6.92 Å². The van der Waals surface area contributed by atoms with Crippen LogP contribution in [-0.2, 0) is 4.79 Å². The van der Waals surface area contributed by atoms with Crippen LogP contribution in [-0.4, -0.2) is 29.4 Å². The van der Waals surface area contributed by atoms with Crippen molar-refractivity contribution in [2.24, 2.45) is 0 Å². The average molecular weight is 340 g/mol. The van der Waals surface area contributed by atoms with E-state index >= 15 is 0 Å². The van der Waals surface area contributed by atoms with Crippen LogP contribution < -0.4 is 15.2 Å². The predicted molar refractivity (Wildman–Crippen MR) is 94.4 cm³/mol. The lowest BCUT2D eigenvalue weighted by atomic mass is 10.0. The van der Waals surface area contributed by atoms with E-state index in [-0.39, 0.29) is 23.9 Å². The number of aryl methyl sites for hydroxylation is 1. The molecular weight excluding hydrogens is 320 g/mol. The van der Waals surface area contributed by atoms with Crippen molar-refractivity contribution in [3.8, 4) is 5.75 Å². The van der Waals surface area contributed by atoms with E-state index in [0.717, 1.165) is 5.56 Å². The highest BCUT2D eigenvalue weighted by molar-refractivity contribution is 6.03. The lowest BCUT2D eigenvalue weighted by Gasteiger charge is -2.28. The van der Waals surface area contributed by atoms with E-state index in [0.29, 0.717) is 23.5 Å². The van der Waals surface area contributed by atoms with Crippen LogP contribution in [0.4, 0.5) is 5.69 Å². The average Bonchev–Trinajstić information content (AvgIpc) is 2.62. The van der Waals surface area contributed by atoms with Gasteiger partial charge in [0.2, 0.25) is 0 Å².